The van der Waals surface area contributed by atoms with Crippen LogP contribution in [0, 0.1) is 0 Å². The third-order valence-electron chi connectivity index (χ3n) is 3.94. The van der Waals surface area contributed by atoms with Crippen LogP contribution in [0.3, 0.4) is 0 Å². The molecule has 0 fully saturated rings. The lowest BCUT2D eigenvalue weighted by Crippen LogP contribution is -2.27. The second kappa shape index (κ2) is 11.2. The summed E-state index contributed by atoms with van der Waals surface area (Å²) >= 11 is 3.32. The summed E-state index contributed by atoms with van der Waals surface area (Å²) in [6.07, 6.45) is -0.523. The third kappa shape index (κ3) is 6.78. The number of aliphatic carboxylic acids is 1. The van der Waals surface area contributed by atoms with Gasteiger partial charge in [0.2, 0.25) is 0 Å². The Kier molecular flexibility index (Phi) is 8.70. The molecular weight excluding hydrogens is 458 g/mol. The zero-order valence-corrected chi connectivity index (χ0v) is 18.0. The van der Waals surface area contributed by atoms with Gasteiger partial charge in [0, 0.05) is 22.8 Å². The van der Waals surface area contributed by atoms with Crippen molar-refractivity contribution < 1.29 is 34.0 Å². The molecule has 3 N–H and O–H groups in total. The Bertz CT molecular complexity index is 899. The number of phenolic OH excluding ortho intramolecular Hbond substituents is 1. The number of carbonyl (C=O) groups excluding carboxylic acids is 1. The number of hydrogen-bond donors (Lipinski definition) is 3. The maximum atomic E-state index is 12.5. The van der Waals surface area contributed by atoms with Crippen molar-refractivity contribution in [3.05, 3.63) is 64.7 Å². The summed E-state index contributed by atoms with van der Waals surface area (Å²) in [7, 11) is 1.41. The lowest BCUT2D eigenvalue weighted by molar-refractivity contribution is -0.131. The predicted octanol–water partition coefficient (Wildman–Crippen LogP) is 4.50. The highest BCUT2D eigenvalue weighted by Crippen LogP contribution is 2.33. The van der Waals surface area contributed by atoms with Gasteiger partial charge in [-0.3, -0.25) is 5.32 Å². The fourth-order valence-electron chi connectivity index (χ4n) is 2.62. The number of rotatable bonds is 9. The molecule has 9 heteroatoms. The number of methoxy groups -OCH3 is 1. The number of carboxylic acid groups (broad SMARTS) is 1. The SMILES string of the molecule is CCO[C@H](/C=C/C(=O)O)[C@H](OC(=O)Nc1ccc(Br)cc1)c1ccc(OC)c(O)c1. The van der Waals surface area contributed by atoms with Crippen LogP contribution in [-0.4, -0.2) is 42.1 Å². The molecule has 0 spiro atoms. The highest BCUT2D eigenvalue weighted by molar-refractivity contribution is 9.10. The molecule has 0 aliphatic rings. The molecule has 0 radical (unpaired) electrons. The van der Waals surface area contributed by atoms with E-state index in [-0.39, 0.29) is 18.1 Å². The second-order valence-corrected chi connectivity index (χ2v) is 6.92. The number of nitrogens with one attached hydrogen (secondary N) is 1. The number of halogens is 1. The van der Waals surface area contributed by atoms with Gasteiger partial charge in [0.1, 0.15) is 6.10 Å². The van der Waals surface area contributed by atoms with E-state index in [1.807, 2.05) is 0 Å². The van der Waals surface area contributed by atoms with Crippen molar-refractivity contribution in [3.8, 4) is 11.5 Å². The Morgan fingerprint density at radius 1 is 1.20 bits per heavy atom. The minimum Gasteiger partial charge on any atom is -0.504 e. The number of amides is 1. The summed E-state index contributed by atoms with van der Waals surface area (Å²) in [5.74, 6) is -1.09. The molecule has 0 aromatic heterocycles. The van der Waals surface area contributed by atoms with Crippen molar-refractivity contribution in [3.63, 3.8) is 0 Å². The minimum atomic E-state index is -1.17. The number of ether oxygens (including phenoxy) is 3. The van der Waals surface area contributed by atoms with Crippen LogP contribution >= 0.6 is 15.9 Å². The van der Waals surface area contributed by atoms with Crippen LogP contribution in [0.2, 0.25) is 0 Å². The molecule has 0 saturated carbocycles. The van der Waals surface area contributed by atoms with Crippen molar-refractivity contribution in [2.75, 3.05) is 19.0 Å². The van der Waals surface area contributed by atoms with Gasteiger partial charge in [0.05, 0.1) is 7.11 Å². The van der Waals surface area contributed by atoms with Crippen LogP contribution in [0.4, 0.5) is 10.5 Å². The lowest BCUT2D eigenvalue weighted by atomic mass is 10.0. The largest absolute Gasteiger partial charge is 0.504 e. The lowest BCUT2D eigenvalue weighted by Gasteiger charge is -2.25. The van der Waals surface area contributed by atoms with Crippen molar-refractivity contribution in [1.29, 1.82) is 0 Å². The van der Waals surface area contributed by atoms with Crippen LogP contribution in [0.5, 0.6) is 11.5 Å². The minimum absolute atomic E-state index is 0.158. The van der Waals surface area contributed by atoms with E-state index in [1.54, 1.807) is 37.3 Å². The van der Waals surface area contributed by atoms with Crippen LogP contribution in [-0.2, 0) is 14.3 Å². The first kappa shape index (κ1) is 23.2. The van der Waals surface area contributed by atoms with Gasteiger partial charge in [0.25, 0.3) is 0 Å². The number of carbonyl (C=O) groups is 2. The summed E-state index contributed by atoms with van der Waals surface area (Å²) in [5, 5.41) is 21.7. The maximum absolute atomic E-state index is 12.5. The van der Waals surface area contributed by atoms with Crippen molar-refractivity contribution >= 4 is 33.7 Å². The number of phenols is 1. The van der Waals surface area contributed by atoms with Crippen molar-refractivity contribution in [2.24, 2.45) is 0 Å². The number of hydrogen-bond acceptors (Lipinski definition) is 6. The topological polar surface area (TPSA) is 114 Å². The summed E-state index contributed by atoms with van der Waals surface area (Å²) in [6, 6.07) is 11.4. The fraction of sp³-hybridized carbons (Fsp3) is 0.238. The van der Waals surface area contributed by atoms with E-state index in [2.05, 4.69) is 21.2 Å². The zero-order valence-electron chi connectivity index (χ0n) is 16.4. The molecule has 0 heterocycles. The molecule has 0 bridgehead atoms. The monoisotopic (exact) mass is 479 g/mol. The zero-order chi connectivity index (χ0) is 22.1. The van der Waals surface area contributed by atoms with Crippen molar-refractivity contribution in [2.45, 2.75) is 19.1 Å². The predicted molar refractivity (Wildman–Crippen MR) is 114 cm³/mol. The highest BCUT2D eigenvalue weighted by atomic mass is 79.9. The Morgan fingerprint density at radius 2 is 1.90 bits per heavy atom. The Labute approximate surface area is 182 Å². The van der Waals surface area contributed by atoms with Gasteiger partial charge < -0.3 is 24.4 Å². The van der Waals surface area contributed by atoms with Gasteiger partial charge in [-0.2, -0.15) is 0 Å². The number of carboxylic acids is 1. The quantitative estimate of drug-likeness (QED) is 0.453. The second-order valence-electron chi connectivity index (χ2n) is 6.01. The first-order chi connectivity index (χ1) is 14.3. The maximum Gasteiger partial charge on any atom is 0.412 e. The van der Waals surface area contributed by atoms with Gasteiger partial charge in [-0.25, -0.2) is 9.59 Å². The molecule has 2 atom stereocenters. The van der Waals surface area contributed by atoms with E-state index in [0.717, 1.165) is 10.5 Å². The molecule has 0 saturated heterocycles. The standard InChI is InChI=1S/C21H22BrNO7/c1-3-29-18(10-11-19(25)26)20(13-4-9-17(28-2)16(24)12-13)30-21(27)23-15-7-5-14(22)6-8-15/h4-12,18,20,24H,3H2,1-2H3,(H,23,27)(H,25,26)/b11-10+/t18-,20-/m1/s1. The van der Waals surface area contributed by atoms with Crippen LogP contribution in [0.1, 0.15) is 18.6 Å². The highest BCUT2D eigenvalue weighted by Gasteiger charge is 2.27. The van der Waals surface area contributed by atoms with Crippen molar-refractivity contribution in [1.82, 2.24) is 0 Å². The van der Waals surface area contributed by atoms with Gasteiger partial charge in [0.15, 0.2) is 17.6 Å². The average Bonchev–Trinajstić information content (AvgIpc) is 2.71. The molecule has 0 aliphatic heterocycles. The molecule has 160 valence electrons. The van der Waals surface area contributed by atoms with E-state index in [9.17, 15) is 14.7 Å². The third-order valence-corrected chi connectivity index (χ3v) is 4.47. The molecule has 2 rings (SSSR count). The van der Waals surface area contributed by atoms with Gasteiger partial charge >= 0.3 is 12.1 Å². The summed E-state index contributed by atoms with van der Waals surface area (Å²) < 4.78 is 17.1. The van der Waals surface area contributed by atoms with Gasteiger partial charge in [-0.1, -0.05) is 22.0 Å². The number of aromatic hydroxyl groups is 1. The van der Waals surface area contributed by atoms with E-state index < -0.39 is 24.3 Å². The molecule has 2 aromatic carbocycles. The molecule has 1 amide bonds. The molecule has 0 aliphatic carbocycles. The van der Waals surface area contributed by atoms with Crippen LogP contribution in [0.15, 0.2) is 59.1 Å². The van der Waals surface area contributed by atoms with Crippen LogP contribution in [0.25, 0.3) is 0 Å². The molecule has 8 nitrogen and oxygen atoms in total. The van der Waals surface area contributed by atoms with E-state index in [1.165, 1.54) is 25.3 Å². The Balaban J connectivity index is 2.33. The van der Waals surface area contributed by atoms with Gasteiger partial charge in [-0.15, -0.1) is 0 Å². The average molecular weight is 480 g/mol. The summed E-state index contributed by atoms with van der Waals surface area (Å²) in [5.41, 5.74) is 0.904. The number of benzene rings is 2. The van der Waals surface area contributed by atoms with E-state index >= 15 is 0 Å². The summed E-state index contributed by atoms with van der Waals surface area (Å²) in [6.45, 7) is 1.97. The molecule has 30 heavy (non-hydrogen) atoms. The van der Waals surface area contributed by atoms with E-state index in [0.29, 0.717) is 11.3 Å². The molecule has 2 aromatic rings. The Morgan fingerprint density at radius 3 is 2.47 bits per heavy atom. The smallest absolute Gasteiger partial charge is 0.412 e. The molecule has 0 unspecified atom stereocenters. The van der Waals surface area contributed by atoms with Crippen LogP contribution < -0.4 is 10.1 Å². The first-order valence-corrected chi connectivity index (χ1v) is 9.76. The molecular formula is C21H22BrNO7. The fourth-order valence-corrected chi connectivity index (χ4v) is 2.88. The van der Waals surface area contributed by atoms with E-state index in [4.69, 9.17) is 19.3 Å². The normalized spacial score (nSPS) is 12.9. The Hall–Kier alpha value is -3.04. The first-order valence-electron chi connectivity index (χ1n) is 8.96. The number of anilines is 1. The van der Waals surface area contributed by atoms with Gasteiger partial charge in [-0.05, 0) is 55.0 Å². The summed E-state index contributed by atoms with van der Waals surface area (Å²) in [4.78, 5) is 23.5.